The smallest absolute Gasteiger partial charge is 0.405 e. The van der Waals surface area contributed by atoms with Crippen molar-refractivity contribution in [2.75, 3.05) is 13.7 Å². The first-order valence-corrected chi connectivity index (χ1v) is 12.1. The van der Waals surface area contributed by atoms with Crippen molar-refractivity contribution in [3.8, 4) is 11.5 Å². The lowest BCUT2D eigenvalue weighted by atomic mass is 9.70. The van der Waals surface area contributed by atoms with Crippen LogP contribution in [0.4, 0.5) is 13.2 Å². The number of ether oxygens (including phenoxy) is 2. The second kappa shape index (κ2) is 9.00. The maximum absolute atomic E-state index is 13.4. The standard InChI is InChI=1S/C26H22BrF3N2O5/c1-36-17-11-31-12-18-21(17)25(35)22(33)19(23(34)32-13-24(28,29)30)20(14-5-3-2-4-6-14)26(25,37-18)15-7-9-16(27)10-8-15/h2-12,19-20,22,33,35H,13H2,1H3,(H,32,34). The number of amides is 1. The van der Waals surface area contributed by atoms with E-state index >= 15 is 0 Å². The third-order valence-electron chi connectivity index (χ3n) is 7.08. The predicted molar refractivity (Wildman–Crippen MR) is 129 cm³/mol. The molecule has 1 saturated carbocycles. The van der Waals surface area contributed by atoms with Crippen molar-refractivity contribution in [2.24, 2.45) is 5.92 Å². The molecule has 1 fully saturated rings. The van der Waals surface area contributed by atoms with Gasteiger partial charge in [0.1, 0.15) is 24.1 Å². The van der Waals surface area contributed by atoms with Crippen LogP contribution in [0.3, 0.4) is 0 Å². The van der Waals surface area contributed by atoms with Crippen molar-refractivity contribution < 1.29 is 37.7 Å². The van der Waals surface area contributed by atoms with E-state index in [2.05, 4.69) is 20.9 Å². The maximum atomic E-state index is 13.4. The van der Waals surface area contributed by atoms with Crippen molar-refractivity contribution in [1.82, 2.24) is 10.3 Å². The summed E-state index contributed by atoms with van der Waals surface area (Å²) in [6.45, 7) is -1.59. The molecule has 1 aliphatic heterocycles. The van der Waals surface area contributed by atoms with Gasteiger partial charge in [-0.15, -0.1) is 0 Å². The third-order valence-corrected chi connectivity index (χ3v) is 7.61. The molecule has 1 amide bonds. The van der Waals surface area contributed by atoms with Crippen molar-refractivity contribution in [3.63, 3.8) is 0 Å². The molecule has 1 aromatic heterocycles. The number of hydrogen-bond acceptors (Lipinski definition) is 6. The van der Waals surface area contributed by atoms with Gasteiger partial charge < -0.3 is 25.0 Å². The molecule has 2 aliphatic rings. The van der Waals surface area contributed by atoms with Crippen LogP contribution in [0, 0.1) is 5.92 Å². The largest absolute Gasteiger partial charge is 0.495 e. The molecule has 1 aliphatic carbocycles. The van der Waals surface area contributed by atoms with Crippen LogP contribution >= 0.6 is 15.9 Å². The molecule has 7 nitrogen and oxygen atoms in total. The average Bonchev–Trinajstić information content (AvgIpc) is 3.26. The highest BCUT2D eigenvalue weighted by Gasteiger charge is 2.78. The summed E-state index contributed by atoms with van der Waals surface area (Å²) in [5, 5.41) is 26.1. The minimum atomic E-state index is -4.67. The van der Waals surface area contributed by atoms with Crippen LogP contribution in [-0.4, -0.2) is 47.0 Å². The summed E-state index contributed by atoms with van der Waals surface area (Å²) in [4.78, 5) is 17.5. The first kappa shape index (κ1) is 25.5. The van der Waals surface area contributed by atoms with E-state index in [1.807, 2.05) is 5.32 Å². The second-order valence-electron chi connectivity index (χ2n) is 9.02. The Kier molecular flexibility index (Phi) is 6.20. The van der Waals surface area contributed by atoms with Gasteiger partial charge in [-0.2, -0.15) is 13.2 Å². The Hall–Kier alpha value is -3.15. The summed E-state index contributed by atoms with van der Waals surface area (Å²) in [6, 6.07) is 15.2. The highest BCUT2D eigenvalue weighted by Crippen LogP contribution is 2.69. The number of carbonyl (C=O) groups excluding carboxylic acids is 1. The van der Waals surface area contributed by atoms with Crippen LogP contribution < -0.4 is 14.8 Å². The quantitative estimate of drug-likeness (QED) is 0.426. The fourth-order valence-corrected chi connectivity index (χ4v) is 5.95. The number of aromatic nitrogens is 1. The topological polar surface area (TPSA) is 101 Å². The van der Waals surface area contributed by atoms with Crippen LogP contribution in [0.5, 0.6) is 11.5 Å². The molecule has 37 heavy (non-hydrogen) atoms. The van der Waals surface area contributed by atoms with Gasteiger partial charge in [-0.05, 0) is 23.3 Å². The highest BCUT2D eigenvalue weighted by atomic mass is 79.9. The SMILES string of the molecule is COc1cncc2c1C1(O)C(O)C(C(=O)NCC(F)(F)F)C(c3ccccc3)C1(c1ccc(Br)cc1)O2. The number of nitrogens with one attached hydrogen (secondary N) is 1. The number of aliphatic hydroxyl groups is 2. The van der Waals surface area contributed by atoms with Gasteiger partial charge in [0.15, 0.2) is 11.2 Å². The van der Waals surface area contributed by atoms with Gasteiger partial charge in [-0.1, -0.05) is 58.4 Å². The molecule has 2 heterocycles. The number of alkyl halides is 3. The van der Waals surface area contributed by atoms with Gasteiger partial charge in [0.25, 0.3) is 0 Å². The highest BCUT2D eigenvalue weighted by molar-refractivity contribution is 9.10. The molecule has 194 valence electrons. The second-order valence-corrected chi connectivity index (χ2v) is 9.93. The van der Waals surface area contributed by atoms with Crippen molar-refractivity contribution in [3.05, 3.63) is 88.2 Å². The summed E-state index contributed by atoms with van der Waals surface area (Å²) < 4.78 is 51.7. The van der Waals surface area contributed by atoms with Crippen molar-refractivity contribution >= 4 is 21.8 Å². The van der Waals surface area contributed by atoms with E-state index in [0.29, 0.717) is 11.1 Å². The Bertz CT molecular complexity index is 1320. The molecule has 5 atom stereocenters. The molecule has 5 unspecified atom stereocenters. The minimum Gasteiger partial charge on any atom is -0.495 e. The molecule has 0 radical (unpaired) electrons. The molecule has 11 heteroatoms. The Labute approximate surface area is 218 Å². The molecular formula is C26H22BrF3N2O5. The lowest BCUT2D eigenvalue weighted by Crippen LogP contribution is -2.52. The maximum Gasteiger partial charge on any atom is 0.405 e. The monoisotopic (exact) mass is 578 g/mol. The fourth-order valence-electron chi connectivity index (χ4n) is 5.69. The number of rotatable bonds is 5. The lowest BCUT2D eigenvalue weighted by Gasteiger charge is -2.40. The zero-order chi connectivity index (χ0) is 26.6. The molecular weight excluding hydrogens is 557 g/mol. The van der Waals surface area contributed by atoms with E-state index in [1.54, 1.807) is 54.6 Å². The lowest BCUT2D eigenvalue weighted by molar-refractivity contribution is -0.156. The van der Waals surface area contributed by atoms with Gasteiger partial charge in [0.05, 0.1) is 31.0 Å². The molecule has 3 N–H and O–H groups in total. The first-order chi connectivity index (χ1) is 17.5. The van der Waals surface area contributed by atoms with E-state index in [-0.39, 0.29) is 17.1 Å². The van der Waals surface area contributed by atoms with Crippen LogP contribution in [0.1, 0.15) is 22.6 Å². The van der Waals surface area contributed by atoms with E-state index in [4.69, 9.17) is 9.47 Å². The Morgan fingerprint density at radius 3 is 2.46 bits per heavy atom. The Morgan fingerprint density at radius 2 is 1.84 bits per heavy atom. The number of hydrogen-bond donors (Lipinski definition) is 3. The number of carbonyl (C=O) groups is 1. The number of methoxy groups -OCH3 is 1. The number of fused-ring (bicyclic) bond motifs is 3. The zero-order valence-electron chi connectivity index (χ0n) is 19.4. The fraction of sp³-hybridized carbons (Fsp3) is 0.308. The molecule has 0 spiro atoms. The Balaban J connectivity index is 1.80. The third kappa shape index (κ3) is 3.79. The van der Waals surface area contributed by atoms with E-state index < -0.39 is 47.8 Å². The van der Waals surface area contributed by atoms with Gasteiger partial charge in [-0.3, -0.25) is 9.78 Å². The summed E-state index contributed by atoms with van der Waals surface area (Å²) >= 11 is 3.38. The van der Waals surface area contributed by atoms with Crippen LogP contribution in [-0.2, 0) is 16.0 Å². The minimum absolute atomic E-state index is 0.0625. The summed E-state index contributed by atoms with van der Waals surface area (Å²) in [6.07, 6.45) is -3.86. The zero-order valence-corrected chi connectivity index (χ0v) is 21.0. The summed E-state index contributed by atoms with van der Waals surface area (Å²) in [5.41, 5.74) is -3.19. The van der Waals surface area contributed by atoms with Crippen molar-refractivity contribution in [1.29, 1.82) is 0 Å². The van der Waals surface area contributed by atoms with E-state index in [1.165, 1.54) is 19.5 Å². The molecule has 0 saturated heterocycles. The number of benzene rings is 2. The van der Waals surface area contributed by atoms with Gasteiger partial charge in [0.2, 0.25) is 5.91 Å². The van der Waals surface area contributed by atoms with Gasteiger partial charge in [0, 0.05) is 10.4 Å². The molecule has 0 bridgehead atoms. The first-order valence-electron chi connectivity index (χ1n) is 11.3. The summed E-state index contributed by atoms with van der Waals surface area (Å²) in [7, 11) is 1.35. The number of aliphatic hydroxyl groups excluding tert-OH is 1. The normalized spacial score (nSPS) is 28.2. The Morgan fingerprint density at radius 1 is 1.16 bits per heavy atom. The van der Waals surface area contributed by atoms with Gasteiger partial charge in [-0.25, -0.2) is 0 Å². The van der Waals surface area contributed by atoms with Crippen LogP contribution in [0.15, 0.2) is 71.5 Å². The number of halogens is 4. The number of nitrogens with zero attached hydrogens (tertiary/aromatic N) is 1. The molecule has 3 aromatic rings. The predicted octanol–water partition coefficient (Wildman–Crippen LogP) is 3.78. The van der Waals surface area contributed by atoms with Crippen molar-refractivity contribution in [2.45, 2.75) is 29.4 Å². The van der Waals surface area contributed by atoms with E-state index in [0.717, 1.165) is 4.47 Å². The van der Waals surface area contributed by atoms with Gasteiger partial charge >= 0.3 is 6.18 Å². The average molecular weight is 579 g/mol. The molecule has 2 aromatic carbocycles. The van der Waals surface area contributed by atoms with E-state index in [9.17, 15) is 28.2 Å². The molecule has 5 rings (SSSR count). The number of pyridine rings is 1. The van der Waals surface area contributed by atoms with Crippen LogP contribution in [0.25, 0.3) is 0 Å². The summed E-state index contributed by atoms with van der Waals surface area (Å²) in [5.74, 6) is -3.49. The van der Waals surface area contributed by atoms with Crippen LogP contribution in [0.2, 0.25) is 0 Å².